The lowest BCUT2D eigenvalue weighted by Crippen LogP contribution is -2.63. The summed E-state index contributed by atoms with van der Waals surface area (Å²) in [6.07, 6.45) is -19.4. The third-order valence-corrected chi connectivity index (χ3v) is 10.8. The van der Waals surface area contributed by atoms with Crippen molar-refractivity contribution in [1.82, 2.24) is 4.98 Å². The van der Waals surface area contributed by atoms with Crippen LogP contribution in [0.2, 0.25) is 0 Å². The zero-order chi connectivity index (χ0) is 57.0. The van der Waals surface area contributed by atoms with Crippen molar-refractivity contribution in [2.75, 3.05) is 39.6 Å². The van der Waals surface area contributed by atoms with Gasteiger partial charge in [0.25, 0.3) is 0 Å². The summed E-state index contributed by atoms with van der Waals surface area (Å²) in [5, 5.41) is 0. The standard InChI is InChI=1S/C50H64F3NO23/c1-26-40(69-21-35-15-11-10-12-16-35)36(22-63-17-13-19-65-48-45(74-33(8)61)43(72-31(6)59)41(70-29(4)57)38(76-48)24-67-27(2)55)37(47(54-26)50(51,52)53)23-64-18-14-20-66-49-46(75-34(9)62)44(73-32(7)60)42(71-30(5)58)39(77-49)25-68-28(3)56/h10-12,15-16,38-39,41-46,48-49H,13-14,17-25H2,1-9H3/t38-,39-,41-,42-,43+,44+,45-,46-,48-,49-/m1/s1. The maximum Gasteiger partial charge on any atom is 0.433 e. The molecule has 2 saturated heterocycles. The molecule has 0 N–H and O–H groups in total. The van der Waals surface area contributed by atoms with Gasteiger partial charge in [0.15, 0.2) is 54.9 Å². The molecule has 1 aromatic carbocycles. The van der Waals surface area contributed by atoms with Crippen LogP contribution < -0.4 is 4.74 Å². The van der Waals surface area contributed by atoms with Crippen molar-refractivity contribution in [3.05, 3.63) is 58.4 Å². The Kier molecular flexibility index (Phi) is 24.9. The van der Waals surface area contributed by atoms with Crippen LogP contribution in [-0.4, -0.2) is 154 Å². The Balaban J connectivity index is 1.54. The number of halogens is 3. The van der Waals surface area contributed by atoms with Gasteiger partial charge in [-0.2, -0.15) is 13.2 Å². The van der Waals surface area contributed by atoms with Gasteiger partial charge in [0.05, 0.1) is 32.1 Å². The van der Waals surface area contributed by atoms with Gasteiger partial charge in [-0.25, -0.2) is 4.98 Å². The van der Waals surface area contributed by atoms with Crippen LogP contribution in [0.5, 0.6) is 5.75 Å². The number of esters is 8. The number of nitrogens with zero attached hydrogens (tertiary/aromatic N) is 1. The number of rotatable bonds is 27. The number of aryl methyl sites for hydroxylation is 1. The third kappa shape index (κ3) is 20.4. The van der Waals surface area contributed by atoms with E-state index >= 15 is 0 Å². The first-order chi connectivity index (χ1) is 36.4. The molecule has 10 atom stereocenters. The number of alkyl halides is 3. The van der Waals surface area contributed by atoms with E-state index in [-0.39, 0.29) is 62.9 Å². The van der Waals surface area contributed by atoms with Crippen LogP contribution in [0.3, 0.4) is 0 Å². The molecule has 0 radical (unpaired) electrons. The Morgan fingerprint density at radius 1 is 0.506 bits per heavy atom. The SMILES string of the molecule is CC(=O)OC[C@H]1O[C@@H](OCCCOCc2c(C(F)(F)F)nc(C)c(OCc3ccccc3)c2COCCCO[C@@H]2O[C@H](COC(C)=O)[C@@H](OC(C)=O)[C@H](OC(C)=O)[C@H]2OC(C)=O)[C@H](OC(C)=O)[C@@H](OC(C)=O)[C@@H]1OC(C)=O. The van der Waals surface area contributed by atoms with E-state index in [1.54, 1.807) is 30.3 Å². The van der Waals surface area contributed by atoms with E-state index in [2.05, 4.69) is 4.98 Å². The predicted octanol–water partition coefficient (Wildman–Crippen LogP) is 4.00. The Labute approximate surface area is 440 Å². The normalized spacial score (nSPS) is 23.1. The molecule has 27 heteroatoms. The molecule has 2 aliphatic heterocycles. The zero-order valence-corrected chi connectivity index (χ0v) is 43.9. The summed E-state index contributed by atoms with van der Waals surface area (Å²) in [7, 11) is 0. The molecule has 0 aliphatic carbocycles. The number of pyridine rings is 1. The third-order valence-electron chi connectivity index (χ3n) is 10.8. The van der Waals surface area contributed by atoms with Crippen LogP contribution >= 0.6 is 0 Å². The van der Waals surface area contributed by atoms with E-state index in [1.165, 1.54) is 6.92 Å². The first kappa shape index (κ1) is 63.0. The molecule has 0 saturated carbocycles. The molecule has 3 heterocycles. The van der Waals surface area contributed by atoms with Crippen LogP contribution in [-0.2, 0) is 131 Å². The molecule has 2 aliphatic rings. The highest BCUT2D eigenvalue weighted by molar-refractivity contribution is 5.70. The van der Waals surface area contributed by atoms with Crippen molar-refractivity contribution >= 4 is 47.8 Å². The second kappa shape index (κ2) is 30.4. The second-order valence-corrected chi connectivity index (χ2v) is 17.3. The Morgan fingerprint density at radius 2 is 0.896 bits per heavy atom. The fourth-order valence-electron chi connectivity index (χ4n) is 7.96. The molecule has 77 heavy (non-hydrogen) atoms. The van der Waals surface area contributed by atoms with Gasteiger partial charge in [0.1, 0.15) is 37.8 Å². The highest BCUT2D eigenvalue weighted by atomic mass is 19.4. The fraction of sp³-hybridized carbons (Fsp3) is 0.620. The van der Waals surface area contributed by atoms with Crippen molar-refractivity contribution < 1.29 is 123 Å². The van der Waals surface area contributed by atoms with Gasteiger partial charge >= 0.3 is 53.9 Å². The van der Waals surface area contributed by atoms with Crippen molar-refractivity contribution in [1.29, 1.82) is 0 Å². The van der Waals surface area contributed by atoms with Crippen LogP contribution in [0.15, 0.2) is 30.3 Å². The van der Waals surface area contributed by atoms with E-state index in [1.807, 2.05) is 0 Å². The average Bonchev–Trinajstić information content (AvgIpc) is 3.32. The number of hydrogen-bond donors (Lipinski definition) is 0. The largest absolute Gasteiger partial charge is 0.487 e. The molecule has 0 amide bonds. The summed E-state index contributed by atoms with van der Waals surface area (Å²) in [6.45, 7) is 6.87. The molecule has 428 valence electrons. The number of ether oxygens (including phenoxy) is 15. The lowest BCUT2D eigenvalue weighted by atomic mass is 9.98. The number of aromatic nitrogens is 1. The van der Waals surface area contributed by atoms with Crippen LogP contribution in [0.4, 0.5) is 13.2 Å². The lowest BCUT2D eigenvalue weighted by Gasteiger charge is -2.44. The summed E-state index contributed by atoms with van der Waals surface area (Å²) < 4.78 is 129. The number of hydrogen-bond acceptors (Lipinski definition) is 24. The fourth-order valence-corrected chi connectivity index (χ4v) is 7.96. The summed E-state index contributed by atoms with van der Waals surface area (Å²) in [5.41, 5.74) is -1.16. The zero-order valence-electron chi connectivity index (χ0n) is 43.9. The summed E-state index contributed by atoms with van der Waals surface area (Å²) in [5.74, 6) is -6.53. The molecular weight excluding hydrogens is 1040 g/mol. The Morgan fingerprint density at radius 3 is 1.29 bits per heavy atom. The van der Waals surface area contributed by atoms with Crippen LogP contribution in [0, 0.1) is 6.92 Å². The molecule has 1 aromatic heterocycles. The van der Waals surface area contributed by atoms with Gasteiger partial charge in [0, 0.05) is 79.7 Å². The highest BCUT2D eigenvalue weighted by Gasteiger charge is 2.54. The minimum atomic E-state index is -4.99. The van der Waals surface area contributed by atoms with Crippen LogP contribution in [0.1, 0.15) is 96.3 Å². The first-order valence-electron chi connectivity index (χ1n) is 24.1. The van der Waals surface area contributed by atoms with E-state index in [0.717, 1.165) is 55.4 Å². The van der Waals surface area contributed by atoms with Crippen LogP contribution in [0.25, 0.3) is 0 Å². The van der Waals surface area contributed by atoms with Crippen molar-refractivity contribution in [2.45, 2.75) is 163 Å². The van der Waals surface area contributed by atoms with E-state index in [4.69, 9.17) is 71.1 Å². The number of carbonyl (C=O) groups excluding carboxylic acids is 8. The van der Waals surface area contributed by atoms with Gasteiger partial charge in [-0.3, -0.25) is 38.4 Å². The van der Waals surface area contributed by atoms with Gasteiger partial charge in [-0.15, -0.1) is 0 Å². The Bertz CT molecular complexity index is 2330. The predicted molar refractivity (Wildman–Crippen MR) is 249 cm³/mol. The monoisotopic (exact) mass is 1100 g/mol. The van der Waals surface area contributed by atoms with E-state index in [0.29, 0.717) is 5.56 Å². The molecule has 4 rings (SSSR count). The van der Waals surface area contributed by atoms with Gasteiger partial charge < -0.3 is 71.1 Å². The lowest BCUT2D eigenvalue weighted by molar-refractivity contribution is -0.308. The topological polar surface area (TPSA) is 288 Å². The minimum Gasteiger partial charge on any atom is -0.487 e. The molecule has 0 spiro atoms. The van der Waals surface area contributed by atoms with Crippen molar-refractivity contribution in [3.8, 4) is 5.75 Å². The quantitative estimate of drug-likeness (QED) is 0.0694. The maximum atomic E-state index is 14.9. The molecule has 24 nitrogen and oxygen atoms in total. The summed E-state index contributed by atoms with van der Waals surface area (Å²) in [6, 6.07) is 8.79. The van der Waals surface area contributed by atoms with Gasteiger partial charge in [0.2, 0.25) is 0 Å². The van der Waals surface area contributed by atoms with Gasteiger partial charge in [-0.1, -0.05) is 30.3 Å². The minimum absolute atomic E-state index is 0.0128. The number of carbonyl (C=O) groups is 8. The molecule has 0 unspecified atom stereocenters. The van der Waals surface area contributed by atoms with Crippen molar-refractivity contribution in [3.63, 3.8) is 0 Å². The summed E-state index contributed by atoms with van der Waals surface area (Å²) >= 11 is 0. The van der Waals surface area contributed by atoms with Crippen molar-refractivity contribution in [2.24, 2.45) is 0 Å². The molecule has 2 fully saturated rings. The summed E-state index contributed by atoms with van der Waals surface area (Å²) in [4.78, 5) is 101. The highest BCUT2D eigenvalue weighted by Crippen LogP contribution is 2.39. The second-order valence-electron chi connectivity index (χ2n) is 17.3. The van der Waals surface area contributed by atoms with E-state index < -0.39 is 153 Å². The molecule has 2 aromatic rings. The molecule has 0 bridgehead atoms. The van der Waals surface area contributed by atoms with Gasteiger partial charge in [-0.05, 0) is 25.3 Å². The smallest absolute Gasteiger partial charge is 0.433 e. The maximum absolute atomic E-state index is 14.9. The number of benzene rings is 1. The Hall–Kier alpha value is -6.52. The first-order valence-corrected chi connectivity index (χ1v) is 24.1. The molecular formula is C50H64F3NO23. The average molecular weight is 1100 g/mol. The van der Waals surface area contributed by atoms with E-state index in [9.17, 15) is 51.5 Å².